The molecule has 0 N–H and O–H groups in total. The van der Waals surface area contributed by atoms with E-state index in [-0.39, 0.29) is 30.2 Å². The summed E-state index contributed by atoms with van der Waals surface area (Å²) in [5.74, 6) is 0. The SMILES string of the molecule is O=c1n(Cc2ccccc2)c(=O)n2n1[C@H]1[C@@H]3C=C[C@]1(n1c(=O)n(Cc4ccccc4)c(=O)n13)C21CCCCCC1. The molecule has 204 valence electrons. The van der Waals surface area contributed by atoms with E-state index in [1.807, 2.05) is 72.8 Å². The summed E-state index contributed by atoms with van der Waals surface area (Å²) in [5.41, 5.74) is -1.59. The third-order valence-corrected chi connectivity index (χ3v) is 9.78. The first-order valence-corrected chi connectivity index (χ1v) is 14.2. The van der Waals surface area contributed by atoms with Crippen LogP contribution in [0, 0.1) is 0 Å². The van der Waals surface area contributed by atoms with Crippen molar-refractivity contribution in [3.8, 4) is 0 Å². The zero-order chi connectivity index (χ0) is 27.2. The standard InChI is InChI=1S/C30H30N6O4/c37-25-31(19-21-11-5-3-6-12-21)28(40)36-30-18-15-23(33(25)36)24(30)34-26(38)32(20-22-13-7-4-8-14-22)27(39)35(34)29(30)16-9-1-2-10-17-29/h3-8,11-15,18,23-24H,1-2,9-10,16-17,19-20H2/t23-,24-,30+/m0/s1. The predicted octanol–water partition coefficient (Wildman–Crippen LogP) is 2.16. The molecule has 3 atom stereocenters. The average Bonchev–Trinajstić information content (AvgIpc) is 3.62. The molecule has 0 amide bonds. The van der Waals surface area contributed by atoms with Gasteiger partial charge in [-0.25, -0.2) is 47.0 Å². The van der Waals surface area contributed by atoms with Crippen LogP contribution in [0.1, 0.15) is 61.7 Å². The molecule has 1 spiro atoms. The number of benzene rings is 2. The van der Waals surface area contributed by atoms with Crippen molar-refractivity contribution in [2.45, 2.75) is 74.8 Å². The second kappa shape index (κ2) is 8.09. The number of nitrogens with zero attached hydrogens (tertiary/aromatic N) is 6. The largest absolute Gasteiger partial charge is 0.348 e. The average molecular weight is 539 g/mol. The van der Waals surface area contributed by atoms with E-state index in [1.54, 1.807) is 18.7 Å². The molecule has 1 fully saturated rings. The zero-order valence-electron chi connectivity index (χ0n) is 22.1. The molecule has 10 heteroatoms. The van der Waals surface area contributed by atoms with Gasteiger partial charge in [-0.05, 0) is 24.0 Å². The highest BCUT2D eigenvalue weighted by Crippen LogP contribution is 2.64. The van der Waals surface area contributed by atoms with Gasteiger partial charge < -0.3 is 0 Å². The fraction of sp³-hybridized carbons (Fsp3) is 0.400. The van der Waals surface area contributed by atoms with Crippen LogP contribution in [-0.4, -0.2) is 27.9 Å². The Morgan fingerprint density at radius 1 is 0.625 bits per heavy atom. The Balaban J connectivity index is 1.37. The number of rotatable bonds is 4. The summed E-state index contributed by atoms with van der Waals surface area (Å²) in [6, 6.07) is 17.9. The van der Waals surface area contributed by atoms with Crippen LogP contribution in [0.3, 0.4) is 0 Å². The fourth-order valence-corrected chi connectivity index (χ4v) is 8.20. The Bertz CT molecular complexity index is 1910. The highest BCUT2D eigenvalue weighted by atomic mass is 16.2. The molecule has 4 aliphatic rings. The molecule has 1 saturated carbocycles. The van der Waals surface area contributed by atoms with Crippen LogP contribution in [0.5, 0.6) is 0 Å². The molecule has 40 heavy (non-hydrogen) atoms. The van der Waals surface area contributed by atoms with Gasteiger partial charge in [0.2, 0.25) is 0 Å². The molecule has 8 rings (SSSR count). The smallest absolute Gasteiger partial charge is 0.246 e. The predicted molar refractivity (Wildman–Crippen MR) is 148 cm³/mol. The molecule has 0 radical (unpaired) electrons. The Morgan fingerprint density at radius 3 is 1.73 bits per heavy atom. The second-order valence-electron chi connectivity index (χ2n) is 11.7. The highest BCUT2D eigenvalue weighted by molar-refractivity contribution is 5.36. The van der Waals surface area contributed by atoms with E-state index >= 15 is 0 Å². The molecule has 2 aromatic carbocycles. The maximum Gasteiger partial charge on any atom is 0.348 e. The maximum absolute atomic E-state index is 14.2. The summed E-state index contributed by atoms with van der Waals surface area (Å²) in [5, 5.41) is 0. The van der Waals surface area contributed by atoms with E-state index in [9.17, 15) is 19.2 Å². The summed E-state index contributed by atoms with van der Waals surface area (Å²) in [7, 11) is 0. The van der Waals surface area contributed by atoms with Gasteiger partial charge in [0.25, 0.3) is 0 Å². The van der Waals surface area contributed by atoms with Crippen molar-refractivity contribution >= 4 is 0 Å². The molecule has 4 heterocycles. The van der Waals surface area contributed by atoms with Crippen LogP contribution < -0.4 is 22.8 Å². The quantitative estimate of drug-likeness (QED) is 0.372. The van der Waals surface area contributed by atoms with Crippen LogP contribution in [0.4, 0.5) is 0 Å². The lowest BCUT2D eigenvalue weighted by Gasteiger charge is -2.42. The normalized spacial score (nSPS) is 25.2. The number of fused-ring (bicyclic) bond motifs is 4. The molecule has 0 saturated heterocycles. The van der Waals surface area contributed by atoms with Crippen molar-refractivity contribution in [2.24, 2.45) is 0 Å². The van der Waals surface area contributed by atoms with Crippen molar-refractivity contribution in [1.29, 1.82) is 0 Å². The van der Waals surface area contributed by atoms with Crippen LogP contribution in [0.2, 0.25) is 0 Å². The Hall–Kier alpha value is -4.34. The summed E-state index contributed by atoms with van der Waals surface area (Å²) >= 11 is 0. The van der Waals surface area contributed by atoms with Crippen LogP contribution in [0.15, 0.2) is 92.0 Å². The molecule has 2 aliphatic carbocycles. The van der Waals surface area contributed by atoms with Crippen LogP contribution >= 0.6 is 0 Å². The minimum absolute atomic E-state index is 0.169. The molecular formula is C30H30N6O4. The lowest BCUT2D eigenvalue weighted by molar-refractivity contribution is 0.0948. The molecule has 10 nitrogen and oxygen atoms in total. The monoisotopic (exact) mass is 538 g/mol. The van der Waals surface area contributed by atoms with E-state index in [1.165, 1.54) is 9.13 Å². The van der Waals surface area contributed by atoms with Gasteiger partial charge in [-0.2, -0.15) is 0 Å². The number of allylic oxidation sites excluding steroid dienone is 2. The Labute approximate surface area is 228 Å². The fourth-order valence-electron chi connectivity index (χ4n) is 8.20. The van der Waals surface area contributed by atoms with Gasteiger partial charge >= 0.3 is 22.8 Å². The van der Waals surface area contributed by atoms with E-state index in [0.29, 0.717) is 12.8 Å². The minimum Gasteiger partial charge on any atom is -0.246 e. The second-order valence-corrected chi connectivity index (χ2v) is 11.7. The Kier molecular flexibility index (Phi) is 4.76. The number of hydrogen-bond donors (Lipinski definition) is 0. The molecule has 0 unspecified atom stereocenters. The third-order valence-electron chi connectivity index (χ3n) is 9.78. The van der Waals surface area contributed by atoms with Crippen molar-refractivity contribution < 1.29 is 0 Å². The van der Waals surface area contributed by atoms with Gasteiger partial charge in [-0.3, -0.25) is 0 Å². The molecule has 2 bridgehead atoms. The third kappa shape index (κ3) is 2.68. The topological polar surface area (TPSA) is 97.9 Å². The first-order valence-electron chi connectivity index (χ1n) is 14.2. The van der Waals surface area contributed by atoms with Gasteiger partial charge in [0.05, 0.1) is 24.7 Å². The Morgan fingerprint density at radius 2 is 1.15 bits per heavy atom. The number of aromatic nitrogens is 6. The van der Waals surface area contributed by atoms with E-state index in [4.69, 9.17) is 0 Å². The number of hydrogen-bond acceptors (Lipinski definition) is 4. The van der Waals surface area contributed by atoms with Crippen molar-refractivity contribution in [2.75, 3.05) is 0 Å². The first kappa shape index (κ1) is 23.5. The molecule has 4 aromatic rings. The molecule has 2 aromatic heterocycles. The van der Waals surface area contributed by atoms with E-state index in [2.05, 4.69) is 0 Å². The van der Waals surface area contributed by atoms with Gasteiger partial charge in [0, 0.05) is 0 Å². The van der Waals surface area contributed by atoms with Crippen LogP contribution in [0.25, 0.3) is 0 Å². The summed E-state index contributed by atoms with van der Waals surface area (Å²) in [4.78, 5) is 56.3. The lowest BCUT2D eigenvalue weighted by Crippen LogP contribution is -2.57. The van der Waals surface area contributed by atoms with Crippen molar-refractivity contribution in [3.05, 3.63) is 126 Å². The molecular weight excluding hydrogens is 508 g/mol. The van der Waals surface area contributed by atoms with E-state index < -0.39 is 28.9 Å². The summed E-state index contributed by atoms with van der Waals surface area (Å²) < 4.78 is 9.07. The van der Waals surface area contributed by atoms with Crippen LogP contribution in [-0.2, 0) is 24.2 Å². The van der Waals surface area contributed by atoms with Crippen molar-refractivity contribution in [3.63, 3.8) is 0 Å². The maximum atomic E-state index is 14.2. The van der Waals surface area contributed by atoms with Gasteiger partial charge in [0.1, 0.15) is 11.6 Å². The van der Waals surface area contributed by atoms with E-state index in [0.717, 1.165) is 36.8 Å². The molecule has 2 aliphatic heterocycles. The van der Waals surface area contributed by atoms with Gasteiger partial charge in [0.15, 0.2) is 0 Å². The van der Waals surface area contributed by atoms with Gasteiger partial charge in [-0.15, -0.1) is 0 Å². The zero-order valence-corrected chi connectivity index (χ0v) is 22.1. The lowest BCUT2D eigenvalue weighted by atomic mass is 9.71. The van der Waals surface area contributed by atoms with Gasteiger partial charge in [-0.1, -0.05) is 98.5 Å². The highest BCUT2D eigenvalue weighted by Gasteiger charge is 2.73. The summed E-state index contributed by atoms with van der Waals surface area (Å²) in [6.07, 6.45) is 9.11. The summed E-state index contributed by atoms with van der Waals surface area (Å²) in [6.45, 7) is 0.345. The first-order chi connectivity index (χ1) is 19.5. The van der Waals surface area contributed by atoms with Crippen molar-refractivity contribution in [1.82, 2.24) is 27.9 Å². The minimum atomic E-state index is -0.996.